The van der Waals surface area contributed by atoms with Crippen LogP contribution in [0.4, 0.5) is 4.79 Å². The van der Waals surface area contributed by atoms with Crippen LogP contribution in [0.25, 0.3) is 33.6 Å². The van der Waals surface area contributed by atoms with Crippen molar-refractivity contribution >= 4 is 24.3 Å². The molecule has 0 spiro atoms. The highest BCUT2D eigenvalue weighted by atomic mass is 16.6. The lowest BCUT2D eigenvalue weighted by Gasteiger charge is -2.30. The Labute approximate surface area is 369 Å². The van der Waals surface area contributed by atoms with E-state index in [0.29, 0.717) is 61.6 Å². The minimum absolute atomic E-state index is 0.0259. The van der Waals surface area contributed by atoms with Crippen LogP contribution in [0.1, 0.15) is 83.5 Å². The summed E-state index contributed by atoms with van der Waals surface area (Å²) in [7, 11) is 4.51. The molecule has 0 unspecified atom stereocenters. The van der Waals surface area contributed by atoms with Gasteiger partial charge in [0.05, 0.1) is 56.2 Å². The van der Waals surface area contributed by atoms with Gasteiger partial charge in [0.1, 0.15) is 36.9 Å². The molecule has 0 aliphatic carbocycles. The molecule has 4 aromatic rings. The van der Waals surface area contributed by atoms with Crippen molar-refractivity contribution in [1.82, 2.24) is 40.4 Å². The van der Waals surface area contributed by atoms with E-state index in [4.69, 9.17) is 33.7 Å². The molecule has 6 rings (SSSR count). The van der Waals surface area contributed by atoms with Crippen LogP contribution in [-0.4, -0.2) is 127 Å². The predicted molar refractivity (Wildman–Crippen MR) is 236 cm³/mol. The Morgan fingerprint density at radius 1 is 0.746 bits per heavy atom. The highest BCUT2D eigenvalue weighted by molar-refractivity contribution is 5.87. The normalized spacial score (nSPS) is 17.7. The summed E-state index contributed by atoms with van der Waals surface area (Å²) in [6.07, 6.45) is 7.34. The van der Waals surface area contributed by atoms with E-state index in [-0.39, 0.29) is 48.9 Å². The Morgan fingerprint density at radius 3 is 1.81 bits per heavy atom. The molecule has 2 saturated heterocycles. The molecule has 2 aliphatic rings. The smallest absolute Gasteiger partial charge is 0.407 e. The summed E-state index contributed by atoms with van der Waals surface area (Å²) < 4.78 is 28.4. The quantitative estimate of drug-likeness (QED) is 0.0561. The molecule has 4 N–H and O–H groups in total. The fraction of sp³-hybridized carbons (Fsp3) is 0.522. The molecular formula is C46H62N8O9. The van der Waals surface area contributed by atoms with Crippen molar-refractivity contribution < 1.29 is 42.9 Å². The lowest BCUT2D eigenvalue weighted by Crippen LogP contribution is -2.51. The van der Waals surface area contributed by atoms with Gasteiger partial charge >= 0.3 is 6.09 Å². The summed E-state index contributed by atoms with van der Waals surface area (Å²) in [6.45, 7) is 10.1. The lowest BCUT2D eigenvalue weighted by molar-refractivity contribution is -0.137. The van der Waals surface area contributed by atoms with E-state index in [1.807, 2.05) is 69.0 Å². The number of rotatable bonds is 21. The molecular weight excluding hydrogens is 809 g/mol. The number of hydrogen-bond acceptors (Lipinski definition) is 11. The molecule has 0 radical (unpaired) electrons. The second kappa shape index (κ2) is 21.9. The number of nitrogens with zero attached hydrogens (tertiary/aromatic N) is 4. The highest BCUT2D eigenvalue weighted by Crippen LogP contribution is 2.46. The third kappa shape index (κ3) is 10.6. The summed E-state index contributed by atoms with van der Waals surface area (Å²) in [5.41, 5.74) is 4.79. The van der Waals surface area contributed by atoms with Gasteiger partial charge in [0.25, 0.3) is 0 Å². The van der Waals surface area contributed by atoms with Gasteiger partial charge in [0.15, 0.2) is 11.5 Å². The van der Waals surface area contributed by atoms with Gasteiger partial charge < -0.3 is 54.1 Å². The van der Waals surface area contributed by atoms with Crippen LogP contribution in [0.5, 0.6) is 11.5 Å². The number of aromatic nitrogens is 4. The predicted octanol–water partition coefficient (Wildman–Crippen LogP) is 6.05. The molecule has 2 aromatic heterocycles. The third-order valence-electron chi connectivity index (χ3n) is 12.0. The maximum absolute atomic E-state index is 13.8. The van der Waals surface area contributed by atoms with Crippen LogP contribution < -0.4 is 20.1 Å². The van der Waals surface area contributed by atoms with E-state index in [1.165, 1.54) is 7.11 Å². The van der Waals surface area contributed by atoms with Crippen molar-refractivity contribution in [2.45, 2.75) is 84.0 Å². The monoisotopic (exact) mass is 870 g/mol. The summed E-state index contributed by atoms with van der Waals surface area (Å²) >= 11 is 0. The van der Waals surface area contributed by atoms with Gasteiger partial charge in [-0.1, -0.05) is 58.4 Å². The molecule has 4 heterocycles. The number of nitrogens with one attached hydrogen (secondary N) is 4. The number of alkyl carbamates (subject to hydrolysis) is 1. The molecule has 0 bridgehead atoms. The Morgan fingerprint density at radius 2 is 1.27 bits per heavy atom. The zero-order valence-electron chi connectivity index (χ0n) is 37.4. The molecule has 5 atom stereocenters. The Hall–Kier alpha value is -5.94. The first-order valence-electron chi connectivity index (χ1n) is 21.8. The Kier molecular flexibility index (Phi) is 16.2. The number of methoxy groups -OCH3 is 3. The summed E-state index contributed by atoms with van der Waals surface area (Å²) in [4.78, 5) is 71.0. The number of amides is 4. The first-order chi connectivity index (χ1) is 30.5. The molecule has 0 saturated carbocycles. The van der Waals surface area contributed by atoms with Gasteiger partial charge in [-0.3, -0.25) is 14.4 Å². The van der Waals surface area contributed by atoms with Crippen LogP contribution >= 0.6 is 0 Å². The van der Waals surface area contributed by atoms with Crippen LogP contribution in [0.2, 0.25) is 0 Å². The number of aromatic amines is 2. The van der Waals surface area contributed by atoms with Crippen molar-refractivity contribution in [2.24, 2.45) is 11.8 Å². The van der Waals surface area contributed by atoms with Crippen molar-refractivity contribution in [3.8, 4) is 45.1 Å². The van der Waals surface area contributed by atoms with E-state index in [9.17, 15) is 19.2 Å². The second-order valence-corrected chi connectivity index (χ2v) is 16.3. The molecule has 17 nitrogen and oxygen atoms in total. The van der Waals surface area contributed by atoms with Crippen LogP contribution in [0.15, 0.2) is 48.8 Å². The topological polar surface area (TPSA) is 202 Å². The van der Waals surface area contributed by atoms with E-state index < -0.39 is 18.2 Å². The number of benzene rings is 2. The fourth-order valence-electron chi connectivity index (χ4n) is 8.34. The first kappa shape index (κ1) is 46.6. The molecule has 4 amide bonds. The number of carbonyl (C=O) groups excluding carboxylic acids is 4. The van der Waals surface area contributed by atoms with Crippen molar-refractivity contribution in [1.29, 1.82) is 0 Å². The van der Waals surface area contributed by atoms with Crippen molar-refractivity contribution in [2.75, 3.05) is 60.8 Å². The minimum atomic E-state index is -0.721. The largest absolute Gasteiger partial charge is 0.487 e. The standard InChI is InChI=1S/C46H62N8O9/c1-8-29(4)39(49-27-55)45(57)54-20-10-12-37(54)43-48-26-35(51-43)33-18-17-32(40(62-23-21-59-5)41(33)63-24-22-60-6)30-13-15-31(16-14-30)34-25-47-42(50-34)36-11-9-19-53(36)44(56)38(28(2)3)52-46(58)61-7/h13-18,25-29,36-39H,8-12,19-24H2,1-7H3,(H,47,50)(H,48,51)(H,49,55)(H,52,58)/t29-,36-,37-,38-,39-/m0/s1. The maximum Gasteiger partial charge on any atom is 0.407 e. The zero-order chi connectivity index (χ0) is 45.0. The average Bonchev–Trinajstić information content (AvgIpc) is 4.14. The van der Waals surface area contributed by atoms with Crippen LogP contribution in [0, 0.1) is 11.8 Å². The highest BCUT2D eigenvalue weighted by Gasteiger charge is 2.39. The number of imidazole rings is 2. The Bertz CT molecular complexity index is 2150. The van der Waals surface area contributed by atoms with Gasteiger partial charge in [-0.15, -0.1) is 0 Å². The average molecular weight is 871 g/mol. The van der Waals surface area contributed by atoms with E-state index in [0.717, 1.165) is 60.1 Å². The summed E-state index contributed by atoms with van der Waals surface area (Å²) in [5, 5.41) is 5.45. The molecule has 17 heteroatoms. The second-order valence-electron chi connectivity index (χ2n) is 16.3. The van der Waals surface area contributed by atoms with Crippen LogP contribution in [0.3, 0.4) is 0 Å². The van der Waals surface area contributed by atoms with Gasteiger partial charge in [0.2, 0.25) is 18.2 Å². The molecule has 2 aliphatic heterocycles. The molecule has 63 heavy (non-hydrogen) atoms. The molecule has 2 aromatic carbocycles. The SMILES string of the molecule is CC[C@H](C)[C@H](NC=O)C(=O)N1CCC[C@H]1c1ncc(-c2ccc(-c3ccc(-c4cnc([C@@H]5CCCN5C(=O)[C@@H](NC(=O)OC)C(C)C)[nH]4)cc3)c(OCCOC)c2OCCOC)[nH]1. The number of H-pyrrole nitrogens is 2. The number of ether oxygens (including phenoxy) is 5. The number of carbonyl (C=O) groups is 4. The van der Waals surface area contributed by atoms with Crippen LogP contribution in [-0.2, 0) is 28.6 Å². The zero-order valence-corrected chi connectivity index (χ0v) is 37.4. The Balaban J connectivity index is 1.28. The summed E-state index contributed by atoms with van der Waals surface area (Å²) in [6, 6.07) is 10.1. The van der Waals surface area contributed by atoms with E-state index >= 15 is 0 Å². The van der Waals surface area contributed by atoms with E-state index in [1.54, 1.807) is 31.5 Å². The molecule has 2 fully saturated rings. The van der Waals surface area contributed by atoms with Gasteiger partial charge in [-0.05, 0) is 60.8 Å². The first-order valence-corrected chi connectivity index (χ1v) is 21.8. The number of hydrogen-bond donors (Lipinski definition) is 4. The number of likely N-dealkylation sites (tertiary alicyclic amines) is 2. The van der Waals surface area contributed by atoms with Gasteiger partial charge in [-0.25, -0.2) is 14.8 Å². The third-order valence-corrected chi connectivity index (χ3v) is 12.0. The maximum atomic E-state index is 13.8. The van der Waals surface area contributed by atoms with Gasteiger partial charge in [-0.2, -0.15) is 0 Å². The van der Waals surface area contributed by atoms with Crippen molar-refractivity contribution in [3.05, 3.63) is 60.4 Å². The lowest BCUT2D eigenvalue weighted by atomic mass is 9.97. The van der Waals surface area contributed by atoms with Crippen molar-refractivity contribution in [3.63, 3.8) is 0 Å². The molecule has 340 valence electrons. The summed E-state index contributed by atoms with van der Waals surface area (Å²) in [5.74, 6) is 1.92. The van der Waals surface area contributed by atoms with E-state index in [2.05, 4.69) is 20.6 Å². The van der Waals surface area contributed by atoms with Gasteiger partial charge in [0, 0.05) is 38.4 Å². The fourth-order valence-corrected chi connectivity index (χ4v) is 8.34. The minimum Gasteiger partial charge on any atom is -0.487 e.